The molecule has 1 N–H and O–H groups in total. The maximum atomic E-state index is 11.2. The number of H-pyrrole nitrogens is 1. The monoisotopic (exact) mass is 210 g/mol. The molecule has 15 heavy (non-hydrogen) atoms. The molecule has 0 aliphatic carbocycles. The average molecular weight is 210 g/mol. The van der Waals surface area contributed by atoms with Crippen LogP contribution in [0.5, 0.6) is 5.88 Å². The Balaban J connectivity index is 2.12. The molecule has 82 valence electrons. The summed E-state index contributed by atoms with van der Waals surface area (Å²) in [5.74, 6) is 1.04. The number of hydrogen-bond donors (Lipinski definition) is 1. The summed E-state index contributed by atoms with van der Waals surface area (Å²) in [6, 6.07) is 1.37. The van der Waals surface area contributed by atoms with Crippen molar-refractivity contribution in [1.29, 1.82) is 0 Å². The molecular formula is C10H14N2O3. The smallest absolute Gasteiger partial charge is 0.254 e. The van der Waals surface area contributed by atoms with Gasteiger partial charge in [-0.15, -0.1) is 0 Å². The van der Waals surface area contributed by atoms with Crippen LogP contribution in [0.4, 0.5) is 0 Å². The lowest BCUT2D eigenvalue weighted by Gasteiger charge is -2.10. The van der Waals surface area contributed by atoms with Crippen molar-refractivity contribution in [3.05, 3.63) is 22.2 Å². The minimum atomic E-state index is -0.171. The zero-order valence-corrected chi connectivity index (χ0v) is 8.66. The fourth-order valence-corrected chi connectivity index (χ4v) is 1.49. The second kappa shape index (κ2) is 4.44. The Kier molecular flexibility index (Phi) is 3.01. The largest absolute Gasteiger partial charge is 0.472 e. The number of rotatable bonds is 3. The average Bonchev–Trinajstić information content (AvgIpc) is 2.69. The highest BCUT2D eigenvalue weighted by atomic mass is 16.5. The lowest BCUT2D eigenvalue weighted by atomic mass is 10.3. The van der Waals surface area contributed by atoms with E-state index in [0.29, 0.717) is 31.3 Å². The van der Waals surface area contributed by atoms with Crippen molar-refractivity contribution in [3.63, 3.8) is 0 Å². The predicted molar refractivity (Wildman–Crippen MR) is 54.1 cm³/mol. The van der Waals surface area contributed by atoms with Crippen molar-refractivity contribution in [2.24, 2.45) is 0 Å². The zero-order chi connectivity index (χ0) is 10.7. The normalized spacial score (nSPS) is 20.5. The first-order chi connectivity index (χ1) is 7.28. The van der Waals surface area contributed by atoms with Crippen LogP contribution < -0.4 is 10.3 Å². The Morgan fingerprint density at radius 2 is 2.60 bits per heavy atom. The standard InChI is InChI=1S/C10H14N2O3/c1-2-8-11-9(13)5-10(12-8)15-7-3-4-14-6-7/h5,7H,2-4,6H2,1H3,(H,11,12,13). The number of nitrogens with one attached hydrogen (secondary N) is 1. The molecule has 1 aromatic heterocycles. The highest BCUT2D eigenvalue weighted by Gasteiger charge is 2.18. The third-order valence-corrected chi connectivity index (χ3v) is 2.28. The van der Waals surface area contributed by atoms with Gasteiger partial charge in [-0.2, -0.15) is 0 Å². The van der Waals surface area contributed by atoms with E-state index < -0.39 is 0 Å². The number of aromatic amines is 1. The Morgan fingerprint density at radius 3 is 3.27 bits per heavy atom. The summed E-state index contributed by atoms with van der Waals surface area (Å²) in [6.45, 7) is 3.23. The zero-order valence-electron chi connectivity index (χ0n) is 8.66. The Morgan fingerprint density at radius 1 is 1.73 bits per heavy atom. The van der Waals surface area contributed by atoms with Crippen LogP contribution in [0.3, 0.4) is 0 Å². The van der Waals surface area contributed by atoms with Crippen LogP contribution in [-0.2, 0) is 11.2 Å². The molecule has 0 spiro atoms. The van der Waals surface area contributed by atoms with E-state index in [-0.39, 0.29) is 11.7 Å². The van der Waals surface area contributed by atoms with Crippen molar-refractivity contribution in [2.75, 3.05) is 13.2 Å². The number of aromatic nitrogens is 2. The Labute approximate surface area is 87.4 Å². The van der Waals surface area contributed by atoms with Gasteiger partial charge >= 0.3 is 0 Å². The molecule has 1 aliphatic heterocycles. The van der Waals surface area contributed by atoms with E-state index in [9.17, 15) is 4.79 Å². The first kappa shape index (κ1) is 10.2. The highest BCUT2D eigenvalue weighted by Crippen LogP contribution is 2.12. The van der Waals surface area contributed by atoms with E-state index in [2.05, 4.69) is 9.97 Å². The van der Waals surface area contributed by atoms with Gasteiger partial charge in [-0.05, 0) is 0 Å². The Hall–Kier alpha value is -1.36. The maximum Gasteiger partial charge on any atom is 0.254 e. The van der Waals surface area contributed by atoms with Crippen LogP contribution >= 0.6 is 0 Å². The second-order valence-corrected chi connectivity index (χ2v) is 3.49. The van der Waals surface area contributed by atoms with Crippen molar-refractivity contribution < 1.29 is 9.47 Å². The summed E-state index contributed by atoms with van der Waals surface area (Å²) in [7, 11) is 0. The number of hydrogen-bond acceptors (Lipinski definition) is 4. The quantitative estimate of drug-likeness (QED) is 0.789. The van der Waals surface area contributed by atoms with Gasteiger partial charge in [0.2, 0.25) is 5.88 Å². The molecule has 5 heteroatoms. The van der Waals surface area contributed by atoms with Crippen LogP contribution in [0, 0.1) is 0 Å². The molecule has 1 saturated heterocycles. The molecular weight excluding hydrogens is 196 g/mol. The van der Waals surface area contributed by atoms with Gasteiger partial charge < -0.3 is 14.5 Å². The van der Waals surface area contributed by atoms with E-state index in [1.807, 2.05) is 6.92 Å². The van der Waals surface area contributed by atoms with Gasteiger partial charge in [0.05, 0.1) is 19.3 Å². The highest BCUT2D eigenvalue weighted by molar-refractivity contribution is 5.09. The van der Waals surface area contributed by atoms with E-state index in [1.165, 1.54) is 6.07 Å². The SMILES string of the molecule is CCc1nc(OC2CCOC2)cc(=O)[nH]1. The first-order valence-electron chi connectivity index (χ1n) is 5.12. The minimum absolute atomic E-state index is 0.0315. The summed E-state index contributed by atoms with van der Waals surface area (Å²) in [5.41, 5.74) is -0.171. The molecule has 2 rings (SSSR count). The van der Waals surface area contributed by atoms with Gasteiger partial charge in [-0.1, -0.05) is 6.92 Å². The van der Waals surface area contributed by atoms with E-state index >= 15 is 0 Å². The molecule has 0 bridgehead atoms. The molecule has 1 aromatic rings. The summed E-state index contributed by atoms with van der Waals surface area (Å²) in [6.07, 6.45) is 1.58. The lowest BCUT2D eigenvalue weighted by Crippen LogP contribution is -2.19. The fourth-order valence-electron chi connectivity index (χ4n) is 1.49. The predicted octanol–water partition coefficient (Wildman–Crippen LogP) is 0.500. The molecule has 1 unspecified atom stereocenters. The maximum absolute atomic E-state index is 11.2. The third-order valence-electron chi connectivity index (χ3n) is 2.28. The topological polar surface area (TPSA) is 64.2 Å². The molecule has 1 fully saturated rings. The van der Waals surface area contributed by atoms with Crippen molar-refractivity contribution >= 4 is 0 Å². The van der Waals surface area contributed by atoms with E-state index in [4.69, 9.17) is 9.47 Å². The number of ether oxygens (including phenoxy) is 2. The van der Waals surface area contributed by atoms with Crippen LogP contribution in [0.25, 0.3) is 0 Å². The van der Waals surface area contributed by atoms with Gasteiger partial charge in [-0.3, -0.25) is 4.79 Å². The van der Waals surface area contributed by atoms with Crippen molar-refractivity contribution in [2.45, 2.75) is 25.9 Å². The molecule has 1 atom stereocenters. The van der Waals surface area contributed by atoms with Crippen LogP contribution in [-0.4, -0.2) is 29.3 Å². The van der Waals surface area contributed by atoms with Crippen molar-refractivity contribution in [3.8, 4) is 5.88 Å². The summed E-state index contributed by atoms with van der Waals surface area (Å²) < 4.78 is 10.7. The van der Waals surface area contributed by atoms with Gasteiger partial charge in [0, 0.05) is 12.8 Å². The Bertz CT molecular complexity index is 382. The lowest BCUT2D eigenvalue weighted by molar-refractivity contribution is 0.137. The van der Waals surface area contributed by atoms with Gasteiger partial charge in [-0.25, -0.2) is 4.98 Å². The van der Waals surface area contributed by atoms with Gasteiger partial charge in [0.15, 0.2) is 0 Å². The number of nitrogens with zero attached hydrogens (tertiary/aromatic N) is 1. The van der Waals surface area contributed by atoms with Crippen LogP contribution in [0.15, 0.2) is 10.9 Å². The summed E-state index contributed by atoms with van der Waals surface area (Å²) in [4.78, 5) is 18.1. The summed E-state index contributed by atoms with van der Waals surface area (Å²) in [5, 5.41) is 0. The van der Waals surface area contributed by atoms with Gasteiger partial charge in [0.25, 0.3) is 5.56 Å². The van der Waals surface area contributed by atoms with E-state index in [0.717, 1.165) is 6.42 Å². The van der Waals surface area contributed by atoms with Crippen LogP contribution in [0.1, 0.15) is 19.2 Å². The molecule has 0 saturated carbocycles. The molecule has 2 heterocycles. The third kappa shape index (κ3) is 2.56. The summed E-state index contributed by atoms with van der Waals surface area (Å²) >= 11 is 0. The minimum Gasteiger partial charge on any atom is -0.472 e. The first-order valence-corrected chi connectivity index (χ1v) is 5.12. The fraction of sp³-hybridized carbons (Fsp3) is 0.600. The molecule has 0 radical (unpaired) electrons. The molecule has 0 amide bonds. The van der Waals surface area contributed by atoms with E-state index in [1.54, 1.807) is 0 Å². The second-order valence-electron chi connectivity index (χ2n) is 3.49. The number of aryl methyl sites for hydroxylation is 1. The van der Waals surface area contributed by atoms with Crippen LogP contribution in [0.2, 0.25) is 0 Å². The molecule has 1 aliphatic rings. The van der Waals surface area contributed by atoms with Gasteiger partial charge in [0.1, 0.15) is 11.9 Å². The van der Waals surface area contributed by atoms with Crippen molar-refractivity contribution in [1.82, 2.24) is 9.97 Å². The molecule has 5 nitrogen and oxygen atoms in total. The molecule has 0 aromatic carbocycles.